The fourth-order valence-electron chi connectivity index (χ4n) is 6.42. The predicted molar refractivity (Wildman–Crippen MR) is 150 cm³/mol. The summed E-state index contributed by atoms with van der Waals surface area (Å²) in [6.07, 6.45) is 3.41. The van der Waals surface area contributed by atoms with Crippen molar-refractivity contribution in [1.82, 2.24) is 4.90 Å². The van der Waals surface area contributed by atoms with Crippen molar-refractivity contribution in [2.45, 2.75) is 30.8 Å². The van der Waals surface area contributed by atoms with Gasteiger partial charge in [0.25, 0.3) is 0 Å². The maximum Gasteiger partial charge on any atom is 0.250 e. The van der Waals surface area contributed by atoms with E-state index < -0.39 is 5.41 Å². The van der Waals surface area contributed by atoms with Crippen LogP contribution in [-0.2, 0) is 23.2 Å². The summed E-state index contributed by atoms with van der Waals surface area (Å²) in [4.78, 5) is 16.4. The van der Waals surface area contributed by atoms with Gasteiger partial charge in [-0.25, -0.2) is 0 Å². The Balaban J connectivity index is 1.61. The van der Waals surface area contributed by atoms with Gasteiger partial charge in [0.15, 0.2) is 0 Å². The Morgan fingerprint density at radius 2 is 1.61 bits per heavy atom. The second-order valence-electron chi connectivity index (χ2n) is 10.1. The summed E-state index contributed by atoms with van der Waals surface area (Å²) in [7, 11) is 3.43. The second kappa shape index (κ2) is 9.86. The van der Waals surface area contributed by atoms with Crippen molar-refractivity contribution in [3.8, 4) is 11.5 Å². The van der Waals surface area contributed by atoms with Crippen LogP contribution in [0.25, 0.3) is 6.08 Å². The molecular weight excluding hydrogens is 470 g/mol. The standard InChI is InChI=1S/C34H31NO3/c1-37-29-17-10-16-28(21-29)34-22-27(19-24-11-5-3-6-12-24)33(36)35(23-25-13-7-4-8-14-25)31(34)20-26-15-9-18-30(38-2)32(26)34/h3-19,21,31H,20,22-23H2,1-2H3/t31-,34+/m0/s1. The Labute approximate surface area is 224 Å². The van der Waals surface area contributed by atoms with Gasteiger partial charge >= 0.3 is 0 Å². The molecule has 6 rings (SSSR count). The lowest BCUT2D eigenvalue weighted by Gasteiger charge is -2.48. The number of benzene rings is 4. The highest BCUT2D eigenvalue weighted by Crippen LogP contribution is 2.56. The third-order valence-corrected chi connectivity index (χ3v) is 8.06. The molecule has 1 heterocycles. The summed E-state index contributed by atoms with van der Waals surface area (Å²) in [5.74, 6) is 1.76. The van der Waals surface area contributed by atoms with Crippen LogP contribution in [0.3, 0.4) is 0 Å². The molecule has 1 fully saturated rings. The molecule has 1 aliphatic carbocycles. The van der Waals surface area contributed by atoms with Gasteiger partial charge in [-0.1, -0.05) is 84.9 Å². The number of carbonyl (C=O) groups is 1. The molecule has 0 spiro atoms. The van der Waals surface area contributed by atoms with Gasteiger partial charge in [-0.05, 0) is 59.4 Å². The van der Waals surface area contributed by atoms with Gasteiger partial charge in [-0.3, -0.25) is 4.79 Å². The molecule has 2 atom stereocenters. The van der Waals surface area contributed by atoms with Crippen molar-refractivity contribution in [3.05, 3.63) is 137 Å². The van der Waals surface area contributed by atoms with Crippen LogP contribution in [0.2, 0.25) is 0 Å². The molecule has 0 radical (unpaired) electrons. The van der Waals surface area contributed by atoms with Gasteiger partial charge in [-0.2, -0.15) is 0 Å². The third kappa shape index (κ3) is 3.97. The monoisotopic (exact) mass is 501 g/mol. The summed E-state index contributed by atoms with van der Waals surface area (Å²) < 4.78 is 11.7. The van der Waals surface area contributed by atoms with E-state index in [1.807, 2.05) is 54.6 Å². The molecule has 1 amide bonds. The fraction of sp³-hybridized carbons (Fsp3) is 0.206. The average Bonchev–Trinajstić information content (AvgIpc) is 3.31. The minimum atomic E-state index is -0.486. The average molecular weight is 502 g/mol. The number of fused-ring (bicyclic) bond motifs is 3. The lowest BCUT2D eigenvalue weighted by Crippen LogP contribution is -2.56. The van der Waals surface area contributed by atoms with Crippen LogP contribution in [0.4, 0.5) is 0 Å². The van der Waals surface area contributed by atoms with Crippen LogP contribution in [0, 0.1) is 0 Å². The van der Waals surface area contributed by atoms with Crippen LogP contribution in [0.5, 0.6) is 11.5 Å². The highest BCUT2D eigenvalue weighted by Gasteiger charge is 2.57. The molecule has 0 N–H and O–H groups in total. The summed E-state index contributed by atoms with van der Waals surface area (Å²) in [5.41, 5.74) is 5.98. The highest BCUT2D eigenvalue weighted by atomic mass is 16.5. The van der Waals surface area contributed by atoms with Gasteiger partial charge in [0.1, 0.15) is 11.5 Å². The van der Waals surface area contributed by atoms with E-state index in [9.17, 15) is 4.79 Å². The Morgan fingerprint density at radius 3 is 2.34 bits per heavy atom. The first-order valence-electron chi connectivity index (χ1n) is 13.1. The SMILES string of the molecule is COc1cccc([C@]23CC(=Cc4ccccc4)C(=O)N(Cc4ccccc4)[C@H]2Cc2cccc(OC)c23)c1. The number of hydrogen-bond donors (Lipinski definition) is 0. The number of carbonyl (C=O) groups excluding carboxylic acids is 1. The fourth-order valence-corrected chi connectivity index (χ4v) is 6.42. The predicted octanol–water partition coefficient (Wildman–Crippen LogP) is 6.43. The zero-order valence-corrected chi connectivity index (χ0v) is 21.8. The minimum Gasteiger partial charge on any atom is -0.497 e. The maximum absolute atomic E-state index is 14.3. The summed E-state index contributed by atoms with van der Waals surface area (Å²) in [6, 6.07) is 34.9. The molecule has 0 unspecified atom stereocenters. The van der Waals surface area contributed by atoms with E-state index in [0.29, 0.717) is 13.0 Å². The number of amides is 1. The molecule has 0 aromatic heterocycles. The first kappa shape index (κ1) is 24.1. The lowest BCUT2D eigenvalue weighted by atomic mass is 9.65. The summed E-state index contributed by atoms with van der Waals surface area (Å²) >= 11 is 0. The van der Waals surface area contributed by atoms with Crippen molar-refractivity contribution in [3.63, 3.8) is 0 Å². The summed E-state index contributed by atoms with van der Waals surface area (Å²) in [6.45, 7) is 0.540. The lowest BCUT2D eigenvalue weighted by molar-refractivity contribution is -0.133. The van der Waals surface area contributed by atoms with E-state index >= 15 is 0 Å². The van der Waals surface area contributed by atoms with Gasteiger partial charge in [-0.15, -0.1) is 0 Å². The molecule has 4 aromatic carbocycles. The van der Waals surface area contributed by atoms with Crippen LogP contribution in [-0.4, -0.2) is 31.1 Å². The van der Waals surface area contributed by atoms with Crippen LogP contribution in [0.15, 0.2) is 109 Å². The van der Waals surface area contributed by atoms with E-state index in [4.69, 9.17) is 9.47 Å². The third-order valence-electron chi connectivity index (χ3n) is 8.06. The number of hydrogen-bond acceptors (Lipinski definition) is 3. The first-order chi connectivity index (χ1) is 18.6. The number of rotatable bonds is 6. The molecule has 2 aliphatic rings. The van der Waals surface area contributed by atoms with Gasteiger partial charge < -0.3 is 14.4 Å². The number of nitrogens with zero attached hydrogens (tertiary/aromatic N) is 1. The van der Waals surface area contributed by atoms with Crippen molar-refractivity contribution in [2.24, 2.45) is 0 Å². The van der Waals surface area contributed by atoms with Crippen LogP contribution in [0.1, 0.15) is 34.2 Å². The normalized spacial score (nSPS) is 21.2. The molecule has 1 saturated heterocycles. The van der Waals surface area contributed by atoms with Crippen molar-refractivity contribution in [2.75, 3.05) is 14.2 Å². The van der Waals surface area contributed by atoms with Crippen LogP contribution >= 0.6 is 0 Å². The van der Waals surface area contributed by atoms with Gasteiger partial charge in [0.05, 0.1) is 20.3 Å². The molecular formula is C34H31NO3. The van der Waals surface area contributed by atoms with Gasteiger partial charge in [0, 0.05) is 23.1 Å². The molecule has 190 valence electrons. The second-order valence-corrected chi connectivity index (χ2v) is 10.1. The summed E-state index contributed by atoms with van der Waals surface area (Å²) in [5, 5.41) is 0. The topological polar surface area (TPSA) is 38.8 Å². The Morgan fingerprint density at radius 1 is 0.868 bits per heavy atom. The van der Waals surface area contributed by atoms with E-state index in [0.717, 1.165) is 40.2 Å². The van der Waals surface area contributed by atoms with E-state index in [-0.39, 0.29) is 11.9 Å². The zero-order valence-electron chi connectivity index (χ0n) is 21.8. The minimum absolute atomic E-state index is 0.0680. The van der Waals surface area contributed by atoms with Gasteiger partial charge in [0.2, 0.25) is 5.91 Å². The molecule has 4 aromatic rings. The molecule has 4 heteroatoms. The highest BCUT2D eigenvalue weighted by molar-refractivity contribution is 6.00. The van der Waals surface area contributed by atoms with Crippen molar-refractivity contribution < 1.29 is 14.3 Å². The van der Waals surface area contributed by atoms with Crippen molar-refractivity contribution >= 4 is 12.0 Å². The van der Waals surface area contributed by atoms with E-state index in [1.165, 1.54) is 11.1 Å². The Hall–Kier alpha value is -4.31. The molecule has 0 bridgehead atoms. The van der Waals surface area contributed by atoms with Crippen molar-refractivity contribution in [1.29, 1.82) is 0 Å². The smallest absolute Gasteiger partial charge is 0.250 e. The largest absolute Gasteiger partial charge is 0.497 e. The van der Waals surface area contributed by atoms with E-state index in [1.54, 1.807) is 14.2 Å². The molecule has 38 heavy (non-hydrogen) atoms. The Bertz CT molecular complexity index is 1490. The van der Waals surface area contributed by atoms with Crippen LogP contribution < -0.4 is 9.47 Å². The number of likely N-dealkylation sites (tertiary alicyclic amines) is 1. The first-order valence-corrected chi connectivity index (χ1v) is 13.1. The van der Waals surface area contributed by atoms with E-state index in [2.05, 4.69) is 59.5 Å². The zero-order chi connectivity index (χ0) is 26.1. The number of methoxy groups -OCH3 is 2. The number of ether oxygens (including phenoxy) is 2. The number of piperidine rings is 1. The molecule has 4 nitrogen and oxygen atoms in total. The Kier molecular flexibility index (Phi) is 6.24. The quantitative estimate of drug-likeness (QED) is 0.286. The molecule has 1 aliphatic heterocycles. The maximum atomic E-state index is 14.3. The molecule has 0 saturated carbocycles.